The van der Waals surface area contributed by atoms with E-state index in [4.69, 9.17) is 16.6 Å². The van der Waals surface area contributed by atoms with Crippen molar-refractivity contribution >= 4 is 17.5 Å². The Kier molecular flexibility index (Phi) is 5.00. The molecular formula is C20H25ClN4O. The highest BCUT2D eigenvalue weighted by Gasteiger charge is 2.28. The third-order valence-electron chi connectivity index (χ3n) is 5.41. The minimum absolute atomic E-state index is 0.0494. The molecule has 0 bridgehead atoms. The molecule has 1 fully saturated rings. The number of hydrogen-bond acceptors (Lipinski definition) is 3. The fourth-order valence-corrected chi connectivity index (χ4v) is 4.09. The minimum Gasteiger partial charge on any atom is -0.340 e. The Morgan fingerprint density at radius 3 is 2.69 bits per heavy atom. The number of imidazole rings is 1. The zero-order valence-corrected chi connectivity index (χ0v) is 15.9. The van der Waals surface area contributed by atoms with Crippen LogP contribution in [0.15, 0.2) is 24.3 Å². The summed E-state index contributed by atoms with van der Waals surface area (Å²) in [6.07, 6.45) is 3.33. The number of carbonyl (C=O) groups is 1. The first kappa shape index (κ1) is 17.6. The van der Waals surface area contributed by atoms with Crippen LogP contribution in [0, 0.1) is 5.92 Å². The summed E-state index contributed by atoms with van der Waals surface area (Å²) in [5.74, 6) is 1.16. The van der Waals surface area contributed by atoms with E-state index in [2.05, 4.69) is 16.8 Å². The highest BCUT2D eigenvalue weighted by Crippen LogP contribution is 2.25. The minimum atomic E-state index is 0.0494. The maximum atomic E-state index is 12.9. The second-order valence-corrected chi connectivity index (χ2v) is 7.87. The van der Waals surface area contributed by atoms with E-state index in [-0.39, 0.29) is 11.8 Å². The number of carbonyl (C=O) groups excluding carboxylic acids is 1. The number of nitrogens with zero attached hydrogens (tertiary/aromatic N) is 3. The summed E-state index contributed by atoms with van der Waals surface area (Å²) in [5, 5.41) is 0.717. The van der Waals surface area contributed by atoms with Crippen LogP contribution in [0.4, 0.5) is 0 Å². The van der Waals surface area contributed by atoms with Crippen LogP contribution in [0.1, 0.15) is 31.2 Å². The first-order chi connectivity index (χ1) is 12.6. The van der Waals surface area contributed by atoms with Crippen molar-refractivity contribution in [2.45, 2.75) is 32.7 Å². The van der Waals surface area contributed by atoms with Gasteiger partial charge in [-0.3, -0.25) is 4.79 Å². The van der Waals surface area contributed by atoms with Crippen LogP contribution in [0.25, 0.3) is 11.4 Å². The summed E-state index contributed by atoms with van der Waals surface area (Å²) in [6.45, 7) is 6.57. The van der Waals surface area contributed by atoms with Crippen molar-refractivity contribution in [2.24, 2.45) is 5.92 Å². The van der Waals surface area contributed by atoms with Gasteiger partial charge in [-0.05, 0) is 50.2 Å². The summed E-state index contributed by atoms with van der Waals surface area (Å²) in [4.78, 5) is 25.4. The molecule has 0 saturated carbocycles. The Morgan fingerprint density at radius 2 is 1.96 bits per heavy atom. The number of amides is 1. The standard InChI is InChI=1S/C20H25ClN4O/c1-14(12-24-9-2-3-10-24)20(26)25-11-8-17-18(13-25)23-19(22-17)15-4-6-16(21)7-5-15/h4-7,14H,2-3,8-13H2,1H3,(H,22,23). The average molecular weight is 373 g/mol. The Bertz CT molecular complexity index is 780. The van der Waals surface area contributed by atoms with Crippen LogP contribution in [0.5, 0.6) is 0 Å². The van der Waals surface area contributed by atoms with Gasteiger partial charge in [0, 0.05) is 36.0 Å². The number of nitrogens with one attached hydrogen (secondary N) is 1. The van der Waals surface area contributed by atoms with Crippen LogP contribution >= 0.6 is 11.6 Å². The molecule has 26 heavy (non-hydrogen) atoms. The molecule has 1 amide bonds. The second-order valence-electron chi connectivity index (χ2n) is 7.44. The summed E-state index contributed by atoms with van der Waals surface area (Å²) >= 11 is 5.97. The van der Waals surface area contributed by atoms with Gasteiger partial charge in [0.15, 0.2) is 0 Å². The SMILES string of the molecule is CC(CN1CCCC1)C(=O)N1CCc2nc(-c3ccc(Cl)cc3)[nH]c2C1. The average Bonchev–Trinajstić information content (AvgIpc) is 3.30. The molecule has 4 rings (SSSR count). The van der Waals surface area contributed by atoms with Crippen molar-refractivity contribution in [3.05, 3.63) is 40.7 Å². The van der Waals surface area contributed by atoms with Crippen LogP contribution in [-0.2, 0) is 17.8 Å². The van der Waals surface area contributed by atoms with E-state index in [1.807, 2.05) is 29.2 Å². The van der Waals surface area contributed by atoms with Crippen LogP contribution < -0.4 is 0 Å². The van der Waals surface area contributed by atoms with E-state index in [9.17, 15) is 4.79 Å². The van der Waals surface area contributed by atoms with E-state index in [1.54, 1.807) is 0 Å². The molecule has 1 atom stereocenters. The van der Waals surface area contributed by atoms with Gasteiger partial charge in [-0.2, -0.15) is 0 Å². The Labute approximate surface area is 159 Å². The van der Waals surface area contributed by atoms with Crippen molar-refractivity contribution in [3.8, 4) is 11.4 Å². The van der Waals surface area contributed by atoms with Gasteiger partial charge in [-0.15, -0.1) is 0 Å². The highest BCUT2D eigenvalue weighted by molar-refractivity contribution is 6.30. The maximum absolute atomic E-state index is 12.9. The molecule has 1 aromatic carbocycles. The van der Waals surface area contributed by atoms with Crippen molar-refractivity contribution in [1.82, 2.24) is 19.8 Å². The summed E-state index contributed by atoms with van der Waals surface area (Å²) in [7, 11) is 0. The fraction of sp³-hybridized carbons (Fsp3) is 0.500. The molecule has 0 spiro atoms. The molecule has 1 saturated heterocycles. The van der Waals surface area contributed by atoms with E-state index in [1.165, 1.54) is 12.8 Å². The predicted octanol–water partition coefficient (Wildman–Crippen LogP) is 3.35. The van der Waals surface area contributed by atoms with E-state index in [0.29, 0.717) is 11.6 Å². The third kappa shape index (κ3) is 3.64. The molecule has 2 aliphatic rings. The van der Waals surface area contributed by atoms with Crippen molar-refractivity contribution < 1.29 is 4.79 Å². The van der Waals surface area contributed by atoms with Gasteiger partial charge < -0.3 is 14.8 Å². The first-order valence-corrected chi connectivity index (χ1v) is 9.83. The normalized spacial score (nSPS) is 18.8. The maximum Gasteiger partial charge on any atom is 0.227 e. The fourth-order valence-electron chi connectivity index (χ4n) is 3.97. The van der Waals surface area contributed by atoms with Crippen LogP contribution in [-0.4, -0.2) is 51.9 Å². The number of halogens is 1. The smallest absolute Gasteiger partial charge is 0.227 e. The Morgan fingerprint density at radius 1 is 1.23 bits per heavy atom. The molecule has 0 radical (unpaired) electrons. The molecule has 1 N–H and O–H groups in total. The molecule has 2 aromatic rings. The second kappa shape index (κ2) is 7.41. The van der Waals surface area contributed by atoms with Gasteiger partial charge in [0.05, 0.1) is 17.9 Å². The lowest BCUT2D eigenvalue weighted by molar-refractivity contribution is -0.136. The van der Waals surface area contributed by atoms with Crippen molar-refractivity contribution in [2.75, 3.05) is 26.2 Å². The molecule has 2 aliphatic heterocycles. The van der Waals surface area contributed by atoms with Crippen LogP contribution in [0.3, 0.4) is 0 Å². The number of aromatic nitrogens is 2. The Hall–Kier alpha value is -1.85. The molecule has 1 unspecified atom stereocenters. The number of H-pyrrole nitrogens is 1. The molecule has 3 heterocycles. The number of rotatable bonds is 4. The van der Waals surface area contributed by atoms with Gasteiger partial charge in [-0.1, -0.05) is 18.5 Å². The number of benzene rings is 1. The van der Waals surface area contributed by atoms with Gasteiger partial charge >= 0.3 is 0 Å². The lowest BCUT2D eigenvalue weighted by Crippen LogP contribution is -2.42. The number of likely N-dealkylation sites (tertiary alicyclic amines) is 1. The molecule has 138 valence electrons. The summed E-state index contributed by atoms with van der Waals surface area (Å²) in [5.41, 5.74) is 3.15. The van der Waals surface area contributed by atoms with E-state index >= 15 is 0 Å². The molecular weight excluding hydrogens is 348 g/mol. The predicted molar refractivity (Wildman–Crippen MR) is 103 cm³/mol. The zero-order valence-electron chi connectivity index (χ0n) is 15.2. The number of aromatic amines is 1. The van der Waals surface area contributed by atoms with Gasteiger partial charge in [0.1, 0.15) is 5.82 Å². The molecule has 1 aromatic heterocycles. The van der Waals surface area contributed by atoms with Gasteiger partial charge in [-0.25, -0.2) is 4.98 Å². The monoisotopic (exact) mass is 372 g/mol. The summed E-state index contributed by atoms with van der Waals surface area (Å²) in [6, 6.07) is 7.67. The van der Waals surface area contributed by atoms with E-state index in [0.717, 1.165) is 55.4 Å². The van der Waals surface area contributed by atoms with Crippen LogP contribution in [0.2, 0.25) is 5.02 Å². The van der Waals surface area contributed by atoms with Crippen molar-refractivity contribution in [3.63, 3.8) is 0 Å². The molecule has 0 aliphatic carbocycles. The number of fused-ring (bicyclic) bond motifs is 1. The number of hydrogen-bond donors (Lipinski definition) is 1. The lowest BCUT2D eigenvalue weighted by Gasteiger charge is -2.30. The lowest BCUT2D eigenvalue weighted by atomic mass is 10.1. The van der Waals surface area contributed by atoms with Crippen molar-refractivity contribution in [1.29, 1.82) is 0 Å². The third-order valence-corrected chi connectivity index (χ3v) is 5.67. The quantitative estimate of drug-likeness (QED) is 0.895. The molecule has 5 nitrogen and oxygen atoms in total. The topological polar surface area (TPSA) is 52.2 Å². The van der Waals surface area contributed by atoms with Gasteiger partial charge in [0.2, 0.25) is 5.91 Å². The Balaban J connectivity index is 1.43. The van der Waals surface area contributed by atoms with Gasteiger partial charge in [0.25, 0.3) is 0 Å². The zero-order chi connectivity index (χ0) is 18.1. The summed E-state index contributed by atoms with van der Waals surface area (Å²) < 4.78 is 0. The highest BCUT2D eigenvalue weighted by atomic mass is 35.5. The largest absolute Gasteiger partial charge is 0.340 e. The molecule has 6 heteroatoms. The van der Waals surface area contributed by atoms with E-state index < -0.39 is 0 Å². The first-order valence-electron chi connectivity index (χ1n) is 9.45.